The molecule has 1 amide bonds. The Labute approximate surface area is 130 Å². The highest BCUT2D eigenvalue weighted by Crippen LogP contribution is 2.20. The predicted octanol–water partition coefficient (Wildman–Crippen LogP) is 2.68. The van der Waals surface area contributed by atoms with Gasteiger partial charge in [-0.2, -0.15) is 0 Å². The minimum atomic E-state index is -0.0699. The topological polar surface area (TPSA) is 59.2 Å². The number of nitrogens with two attached hydrogens (primary N) is 1. The molecule has 0 aliphatic rings. The second-order valence-corrected chi connectivity index (χ2v) is 5.85. The molecule has 0 unspecified atom stereocenters. The number of pyridine rings is 1. The van der Waals surface area contributed by atoms with Crippen LogP contribution in [0, 0.1) is 6.92 Å². The van der Waals surface area contributed by atoms with Crippen molar-refractivity contribution in [1.82, 2.24) is 9.88 Å². The summed E-state index contributed by atoms with van der Waals surface area (Å²) in [6, 6.07) is 9.48. The highest BCUT2D eigenvalue weighted by Gasteiger charge is 2.21. The summed E-state index contributed by atoms with van der Waals surface area (Å²) in [6.07, 6.45) is 0. The molecule has 0 spiro atoms. The summed E-state index contributed by atoms with van der Waals surface area (Å²) in [4.78, 5) is 19.3. The number of hydrogen-bond donors (Lipinski definition) is 1. The van der Waals surface area contributed by atoms with Crippen LogP contribution in [0.4, 0.5) is 0 Å². The van der Waals surface area contributed by atoms with E-state index in [4.69, 9.17) is 18.0 Å². The van der Waals surface area contributed by atoms with Crippen molar-refractivity contribution in [2.24, 2.45) is 5.73 Å². The first-order chi connectivity index (χ1) is 9.90. The third-order valence-corrected chi connectivity index (χ3v) is 3.41. The highest BCUT2D eigenvalue weighted by molar-refractivity contribution is 7.80. The molecule has 0 radical (unpaired) electrons. The summed E-state index contributed by atoms with van der Waals surface area (Å²) in [5, 5.41) is 0.849. The second kappa shape index (κ2) is 6.18. The lowest BCUT2D eigenvalue weighted by molar-refractivity contribution is 0.0738. The van der Waals surface area contributed by atoms with Crippen LogP contribution < -0.4 is 5.73 Å². The van der Waals surface area contributed by atoms with Crippen molar-refractivity contribution < 1.29 is 4.79 Å². The van der Waals surface area contributed by atoms with E-state index in [9.17, 15) is 4.79 Å². The lowest BCUT2D eigenvalue weighted by Gasteiger charge is -2.26. The first-order valence-electron chi connectivity index (χ1n) is 6.86. The number of hydrogen-bond acceptors (Lipinski definition) is 3. The summed E-state index contributed by atoms with van der Waals surface area (Å²) in [5.74, 6) is -0.0699. The Hall–Kier alpha value is -2.01. The average molecular weight is 301 g/mol. The van der Waals surface area contributed by atoms with E-state index >= 15 is 0 Å². The van der Waals surface area contributed by atoms with Crippen LogP contribution in [-0.4, -0.2) is 33.4 Å². The van der Waals surface area contributed by atoms with Gasteiger partial charge in [0.2, 0.25) is 0 Å². The van der Waals surface area contributed by atoms with Crippen molar-refractivity contribution in [2.75, 3.05) is 6.54 Å². The normalized spacial score (nSPS) is 10.9. The number of para-hydroxylation sites is 1. The van der Waals surface area contributed by atoms with Gasteiger partial charge in [-0.1, -0.05) is 30.4 Å². The lowest BCUT2D eigenvalue weighted by Crippen LogP contribution is -2.42. The number of rotatable bonds is 4. The number of amides is 1. The molecule has 0 bridgehead atoms. The molecule has 0 aliphatic heterocycles. The Morgan fingerprint density at radius 3 is 2.67 bits per heavy atom. The van der Waals surface area contributed by atoms with Crippen LogP contribution in [-0.2, 0) is 0 Å². The maximum Gasteiger partial charge on any atom is 0.255 e. The lowest BCUT2D eigenvalue weighted by atomic mass is 10.1. The van der Waals surface area contributed by atoms with Gasteiger partial charge in [0.25, 0.3) is 5.91 Å². The van der Waals surface area contributed by atoms with Gasteiger partial charge >= 0.3 is 0 Å². The Balaban J connectivity index is 2.53. The van der Waals surface area contributed by atoms with E-state index in [-0.39, 0.29) is 18.5 Å². The molecule has 2 rings (SSSR count). The molecule has 1 aromatic heterocycles. The monoisotopic (exact) mass is 301 g/mol. The van der Waals surface area contributed by atoms with E-state index < -0.39 is 0 Å². The molecule has 0 saturated carbocycles. The van der Waals surface area contributed by atoms with Crippen molar-refractivity contribution >= 4 is 34.0 Å². The van der Waals surface area contributed by atoms with Crippen LogP contribution >= 0.6 is 12.2 Å². The van der Waals surface area contributed by atoms with Gasteiger partial charge in [-0.25, -0.2) is 0 Å². The number of aryl methyl sites for hydroxylation is 1. The van der Waals surface area contributed by atoms with Crippen LogP contribution in [0.15, 0.2) is 30.3 Å². The zero-order chi connectivity index (χ0) is 15.6. The van der Waals surface area contributed by atoms with E-state index in [1.54, 1.807) is 4.90 Å². The van der Waals surface area contributed by atoms with E-state index in [1.807, 2.05) is 51.1 Å². The minimum Gasteiger partial charge on any atom is -0.392 e. The van der Waals surface area contributed by atoms with Crippen molar-refractivity contribution in [3.05, 3.63) is 41.6 Å². The first kappa shape index (κ1) is 15.4. The average Bonchev–Trinajstić information content (AvgIpc) is 2.42. The number of benzene rings is 1. The molecule has 0 aliphatic carbocycles. The summed E-state index contributed by atoms with van der Waals surface area (Å²) in [6.45, 7) is 6.07. The third kappa shape index (κ3) is 3.36. The number of nitrogens with zero attached hydrogens (tertiary/aromatic N) is 2. The Morgan fingerprint density at radius 1 is 1.38 bits per heavy atom. The number of thiocarbonyl (C=S) groups is 1. The van der Waals surface area contributed by atoms with Gasteiger partial charge in [0.1, 0.15) is 0 Å². The summed E-state index contributed by atoms with van der Waals surface area (Å²) in [5.41, 5.74) is 7.89. The van der Waals surface area contributed by atoms with Gasteiger partial charge in [0.15, 0.2) is 0 Å². The largest absolute Gasteiger partial charge is 0.392 e. The molecule has 1 aromatic carbocycles. The van der Waals surface area contributed by atoms with Gasteiger partial charge < -0.3 is 10.6 Å². The van der Waals surface area contributed by atoms with E-state index in [0.717, 1.165) is 16.6 Å². The van der Waals surface area contributed by atoms with E-state index in [1.165, 1.54) is 0 Å². The molecule has 110 valence electrons. The summed E-state index contributed by atoms with van der Waals surface area (Å²) in [7, 11) is 0. The minimum absolute atomic E-state index is 0.0197. The Morgan fingerprint density at radius 2 is 2.05 bits per heavy atom. The van der Waals surface area contributed by atoms with Gasteiger partial charge in [0, 0.05) is 17.1 Å². The first-order valence-corrected chi connectivity index (χ1v) is 7.26. The second-order valence-electron chi connectivity index (χ2n) is 5.32. The molecule has 0 fully saturated rings. The molecule has 1 heterocycles. The number of carbonyl (C=O) groups excluding carboxylic acids is 1. The number of aromatic nitrogens is 1. The highest BCUT2D eigenvalue weighted by atomic mass is 32.1. The van der Waals surface area contributed by atoms with E-state index in [0.29, 0.717) is 10.6 Å². The fraction of sp³-hybridized carbons (Fsp3) is 0.312. The van der Waals surface area contributed by atoms with Crippen molar-refractivity contribution in [1.29, 1.82) is 0 Å². The molecule has 2 N–H and O–H groups in total. The molecular weight excluding hydrogens is 282 g/mol. The maximum absolute atomic E-state index is 12.9. The molecule has 5 heteroatoms. The zero-order valence-corrected chi connectivity index (χ0v) is 13.3. The molecule has 0 atom stereocenters. The van der Waals surface area contributed by atoms with E-state index in [2.05, 4.69) is 4.98 Å². The smallest absolute Gasteiger partial charge is 0.255 e. The Bertz CT molecular complexity index is 697. The molecule has 2 aromatic rings. The molecule has 4 nitrogen and oxygen atoms in total. The van der Waals surface area contributed by atoms with Crippen molar-refractivity contribution in [2.45, 2.75) is 26.8 Å². The molecule has 21 heavy (non-hydrogen) atoms. The van der Waals surface area contributed by atoms with Crippen LogP contribution in [0.1, 0.15) is 29.9 Å². The van der Waals surface area contributed by atoms with Crippen molar-refractivity contribution in [3.8, 4) is 0 Å². The van der Waals surface area contributed by atoms with Crippen LogP contribution in [0.2, 0.25) is 0 Å². The van der Waals surface area contributed by atoms with Crippen LogP contribution in [0.3, 0.4) is 0 Å². The third-order valence-electron chi connectivity index (χ3n) is 3.29. The fourth-order valence-electron chi connectivity index (χ4n) is 2.30. The standard InChI is InChI=1S/C16H19N3OS/c1-10(2)19(9-15(17)21)16(20)13-8-11(3)18-14-7-5-4-6-12(13)14/h4-8,10H,9H2,1-3H3,(H2,17,21). The van der Waals surface area contributed by atoms with Gasteiger partial charge in [0.05, 0.1) is 22.6 Å². The SMILES string of the molecule is Cc1cc(C(=O)N(CC(N)=S)C(C)C)c2ccccc2n1. The van der Waals surface area contributed by atoms with Gasteiger partial charge in [-0.3, -0.25) is 9.78 Å². The summed E-state index contributed by atoms with van der Waals surface area (Å²) < 4.78 is 0. The number of fused-ring (bicyclic) bond motifs is 1. The Kier molecular flexibility index (Phi) is 4.53. The van der Waals surface area contributed by atoms with Crippen LogP contribution in [0.25, 0.3) is 10.9 Å². The fourth-order valence-corrected chi connectivity index (χ4v) is 2.44. The predicted molar refractivity (Wildman–Crippen MR) is 89.4 cm³/mol. The van der Waals surface area contributed by atoms with Crippen LogP contribution in [0.5, 0.6) is 0 Å². The zero-order valence-electron chi connectivity index (χ0n) is 12.5. The maximum atomic E-state index is 12.9. The van der Waals surface area contributed by atoms with Gasteiger partial charge in [-0.05, 0) is 32.9 Å². The molecule has 0 saturated heterocycles. The quantitative estimate of drug-likeness (QED) is 0.882. The van der Waals surface area contributed by atoms with Crippen molar-refractivity contribution in [3.63, 3.8) is 0 Å². The number of carbonyl (C=O) groups is 1. The van der Waals surface area contributed by atoms with Gasteiger partial charge in [-0.15, -0.1) is 0 Å². The summed E-state index contributed by atoms with van der Waals surface area (Å²) >= 11 is 4.95. The molecular formula is C16H19N3OS.